The van der Waals surface area contributed by atoms with Crippen LogP contribution in [0.3, 0.4) is 0 Å². The molecule has 2 unspecified atom stereocenters. The van der Waals surface area contributed by atoms with Crippen molar-refractivity contribution in [2.75, 3.05) is 26.2 Å². The summed E-state index contributed by atoms with van der Waals surface area (Å²) in [6.45, 7) is 3.47. The Balaban J connectivity index is 1.64. The second-order valence-corrected chi connectivity index (χ2v) is 6.60. The van der Waals surface area contributed by atoms with Gasteiger partial charge in [-0.2, -0.15) is 0 Å². The van der Waals surface area contributed by atoms with Crippen LogP contribution in [-0.4, -0.2) is 65.2 Å². The maximum atomic E-state index is 12.8. The van der Waals surface area contributed by atoms with Gasteiger partial charge in [0.05, 0.1) is 0 Å². The molecule has 3 rings (SSSR count). The molecule has 0 aromatic heterocycles. The van der Waals surface area contributed by atoms with Crippen molar-refractivity contribution in [3.8, 4) is 0 Å². The van der Waals surface area contributed by atoms with Gasteiger partial charge in [-0.1, -0.05) is 0 Å². The zero-order valence-corrected chi connectivity index (χ0v) is 12.5. The van der Waals surface area contributed by atoms with Gasteiger partial charge in [0.25, 0.3) is 0 Å². The molecule has 2 amide bonds. The van der Waals surface area contributed by atoms with Gasteiger partial charge in [0.2, 0.25) is 0 Å². The van der Waals surface area contributed by atoms with Gasteiger partial charge in [0.1, 0.15) is 0 Å². The number of piperidine rings is 1. The lowest BCUT2D eigenvalue weighted by Gasteiger charge is -2.41. The molecular weight excluding hydrogens is 270 g/mol. The molecule has 118 valence electrons. The highest BCUT2D eigenvalue weighted by Crippen LogP contribution is 2.40. The molecule has 3 fully saturated rings. The highest BCUT2D eigenvalue weighted by atomic mass is 16.4. The SMILES string of the molecule is O=C(O)CC1CC2CCC(C1)N2C(=O)N1CCCNCC1. The third kappa shape index (κ3) is 3.15. The predicted molar refractivity (Wildman–Crippen MR) is 78.1 cm³/mol. The first kappa shape index (κ1) is 14.6. The summed E-state index contributed by atoms with van der Waals surface area (Å²) >= 11 is 0. The number of amides is 2. The summed E-state index contributed by atoms with van der Waals surface area (Å²) in [5, 5.41) is 12.3. The number of carbonyl (C=O) groups excluding carboxylic acids is 1. The number of hydrogen-bond donors (Lipinski definition) is 2. The minimum Gasteiger partial charge on any atom is -0.481 e. The Labute approximate surface area is 125 Å². The molecule has 0 aromatic carbocycles. The quantitative estimate of drug-likeness (QED) is 0.801. The molecule has 3 aliphatic heterocycles. The molecule has 6 nitrogen and oxygen atoms in total. The van der Waals surface area contributed by atoms with E-state index in [0.717, 1.165) is 58.3 Å². The molecule has 3 aliphatic rings. The Morgan fingerprint density at radius 3 is 2.48 bits per heavy atom. The minimum absolute atomic E-state index is 0.181. The van der Waals surface area contributed by atoms with Crippen molar-refractivity contribution in [3.05, 3.63) is 0 Å². The Morgan fingerprint density at radius 2 is 1.81 bits per heavy atom. The molecule has 2 N–H and O–H groups in total. The summed E-state index contributed by atoms with van der Waals surface area (Å²) in [5.41, 5.74) is 0. The zero-order valence-electron chi connectivity index (χ0n) is 12.5. The van der Waals surface area contributed by atoms with E-state index in [9.17, 15) is 9.59 Å². The van der Waals surface area contributed by atoms with Gasteiger partial charge in [-0.15, -0.1) is 0 Å². The van der Waals surface area contributed by atoms with Crippen molar-refractivity contribution >= 4 is 12.0 Å². The molecule has 2 atom stereocenters. The van der Waals surface area contributed by atoms with Crippen molar-refractivity contribution in [3.63, 3.8) is 0 Å². The summed E-state index contributed by atoms with van der Waals surface area (Å²) in [5.74, 6) is -0.465. The number of fused-ring (bicyclic) bond motifs is 2. The Bertz CT molecular complexity index is 393. The highest BCUT2D eigenvalue weighted by molar-refractivity contribution is 5.76. The van der Waals surface area contributed by atoms with Crippen molar-refractivity contribution in [1.82, 2.24) is 15.1 Å². The summed E-state index contributed by atoms with van der Waals surface area (Å²) in [6, 6.07) is 0.702. The Morgan fingerprint density at radius 1 is 1.10 bits per heavy atom. The molecule has 0 radical (unpaired) electrons. The second kappa shape index (κ2) is 6.22. The summed E-state index contributed by atoms with van der Waals surface area (Å²) in [4.78, 5) is 27.8. The van der Waals surface area contributed by atoms with Crippen molar-refractivity contribution in [2.45, 2.75) is 50.6 Å². The van der Waals surface area contributed by atoms with Crippen LogP contribution in [-0.2, 0) is 4.79 Å². The molecule has 3 saturated heterocycles. The predicted octanol–water partition coefficient (Wildman–Crippen LogP) is 1.12. The van der Waals surface area contributed by atoms with Gasteiger partial charge >= 0.3 is 12.0 Å². The minimum atomic E-state index is -0.710. The number of urea groups is 1. The fourth-order valence-electron chi connectivity index (χ4n) is 4.22. The first-order chi connectivity index (χ1) is 10.1. The van der Waals surface area contributed by atoms with E-state index in [4.69, 9.17) is 5.11 Å². The van der Waals surface area contributed by atoms with E-state index in [1.54, 1.807) is 0 Å². The third-order valence-corrected chi connectivity index (χ3v) is 5.13. The third-order valence-electron chi connectivity index (χ3n) is 5.13. The number of carboxylic acids is 1. The van der Waals surface area contributed by atoms with Crippen LogP contribution in [0.1, 0.15) is 38.5 Å². The van der Waals surface area contributed by atoms with E-state index in [0.29, 0.717) is 0 Å². The topological polar surface area (TPSA) is 72.9 Å². The number of nitrogens with zero attached hydrogens (tertiary/aromatic N) is 2. The van der Waals surface area contributed by atoms with Gasteiger partial charge in [0, 0.05) is 38.1 Å². The van der Waals surface area contributed by atoms with Crippen molar-refractivity contribution in [2.24, 2.45) is 5.92 Å². The summed E-state index contributed by atoms with van der Waals surface area (Å²) < 4.78 is 0. The van der Waals surface area contributed by atoms with E-state index in [1.807, 2.05) is 4.90 Å². The Kier molecular flexibility index (Phi) is 4.33. The van der Waals surface area contributed by atoms with Crippen LogP contribution in [0.15, 0.2) is 0 Å². The number of rotatable bonds is 2. The fraction of sp³-hybridized carbons (Fsp3) is 0.867. The van der Waals surface area contributed by atoms with Gasteiger partial charge in [-0.3, -0.25) is 4.79 Å². The summed E-state index contributed by atoms with van der Waals surface area (Å²) in [6.07, 6.45) is 5.07. The molecule has 6 heteroatoms. The lowest BCUT2D eigenvalue weighted by Crippen LogP contribution is -2.53. The van der Waals surface area contributed by atoms with Gasteiger partial charge in [-0.05, 0) is 44.6 Å². The maximum Gasteiger partial charge on any atom is 0.320 e. The van der Waals surface area contributed by atoms with E-state index in [1.165, 1.54) is 0 Å². The molecule has 0 spiro atoms. The van der Waals surface area contributed by atoms with Crippen LogP contribution in [0.2, 0.25) is 0 Å². The van der Waals surface area contributed by atoms with Gasteiger partial charge in [0.15, 0.2) is 0 Å². The summed E-state index contributed by atoms with van der Waals surface area (Å²) in [7, 11) is 0. The van der Waals surface area contributed by atoms with E-state index in [-0.39, 0.29) is 30.5 Å². The number of carbonyl (C=O) groups is 2. The first-order valence-electron chi connectivity index (χ1n) is 8.15. The van der Waals surface area contributed by atoms with Crippen molar-refractivity contribution in [1.29, 1.82) is 0 Å². The molecule has 21 heavy (non-hydrogen) atoms. The molecule has 3 heterocycles. The standard InChI is InChI=1S/C15H25N3O3/c19-14(20)10-11-8-12-2-3-13(9-11)18(12)15(21)17-6-1-4-16-5-7-17/h11-13,16H,1-10H2,(H,19,20). The zero-order chi connectivity index (χ0) is 14.8. The van der Waals surface area contributed by atoms with Crippen LogP contribution < -0.4 is 5.32 Å². The lowest BCUT2D eigenvalue weighted by atomic mass is 9.88. The molecule has 0 aliphatic carbocycles. The Hall–Kier alpha value is -1.30. The van der Waals surface area contributed by atoms with Crippen molar-refractivity contribution < 1.29 is 14.7 Å². The molecule has 0 aromatic rings. The van der Waals surface area contributed by atoms with E-state index >= 15 is 0 Å². The fourth-order valence-corrected chi connectivity index (χ4v) is 4.22. The van der Waals surface area contributed by atoms with E-state index in [2.05, 4.69) is 10.2 Å². The average molecular weight is 295 g/mol. The molecular formula is C15H25N3O3. The lowest BCUT2D eigenvalue weighted by molar-refractivity contribution is -0.138. The normalized spacial score (nSPS) is 32.9. The van der Waals surface area contributed by atoms with Crippen LogP contribution in [0.5, 0.6) is 0 Å². The number of hydrogen-bond acceptors (Lipinski definition) is 3. The number of aliphatic carboxylic acids is 1. The molecule has 2 bridgehead atoms. The second-order valence-electron chi connectivity index (χ2n) is 6.60. The highest BCUT2D eigenvalue weighted by Gasteiger charge is 2.44. The first-order valence-corrected chi connectivity index (χ1v) is 8.15. The maximum absolute atomic E-state index is 12.8. The largest absolute Gasteiger partial charge is 0.481 e. The van der Waals surface area contributed by atoms with Crippen LogP contribution in [0, 0.1) is 5.92 Å². The average Bonchev–Trinajstić information content (AvgIpc) is 2.65. The van der Waals surface area contributed by atoms with Crippen LogP contribution >= 0.6 is 0 Å². The van der Waals surface area contributed by atoms with Gasteiger partial charge < -0.3 is 20.2 Å². The van der Waals surface area contributed by atoms with Crippen LogP contribution in [0.4, 0.5) is 4.79 Å². The monoisotopic (exact) mass is 295 g/mol. The number of nitrogens with one attached hydrogen (secondary N) is 1. The van der Waals surface area contributed by atoms with E-state index < -0.39 is 5.97 Å². The molecule has 0 saturated carbocycles. The van der Waals surface area contributed by atoms with Crippen LogP contribution in [0.25, 0.3) is 0 Å². The van der Waals surface area contributed by atoms with Gasteiger partial charge in [-0.25, -0.2) is 4.79 Å². The number of carboxylic acid groups (broad SMARTS) is 1. The smallest absolute Gasteiger partial charge is 0.320 e.